The van der Waals surface area contributed by atoms with Crippen molar-refractivity contribution in [3.63, 3.8) is 0 Å². The molecule has 0 aromatic heterocycles. The van der Waals surface area contributed by atoms with Gasteiger partial charge in [0.05, 0.1) is 0 Å². The van der Waals surface area contributed by atoms with Gasteiger partial charge < -0.3 is 29.9 Å². The molecule has 2 saturated heterocycles. The lowest BCUT2D eigenvalue weighted by atomic mass is 9.72. The van der Waals surface area contributed by atoms with Crippen LogP contribution in [0.25, 0.3) is 0 Å². The molecule has 210 valence electrons. The number of phenols is 2. The number of hydrogen-bond acceptors (Lipinski definition) is 7. The van der Waals surface area contributed by atoms with Gasteiger partial charge in [0.2, 0.25) is 5.91 Å². The van der Waals surface area contributed by atoms with Crippen molar-refractivity contribution in [3.05, 3.63) is 23.8 Å². The van der Waals surface area contributed by atoms with Gasteiger partial charge in [-0.3, -0.25) is 9.59 Å². The number of ether oxygens (including phenoxy) is 1. The number of carbonyl (C=O) groups excluding carboxylic acids is 3. The third kappa shape index (κ3) is 5.09. The standard InChI is InChI=1S/C29H42N2O7/c1-5-19-12-13-29(4,28(19,2)3)38-27(37)21-9-7-15-31(21)25(35)20-8-6-14-30(20)26(36)24(34)17-18-10-11-22(32)23(33)16-18/h10-11,16,19-21,24,32-34H,5-9,12-15,17H2,1-4H3. The SMILES string of the molecule is CCC1CCC(C)(OC(=O)C2CCCN2C(=O)C2CCCN2C(=O)C(O)Cc2ccc(O)c(O)c2)C1(C)C. The fourth-order valence-electron chi connectivity index (χ4n) is 6.70. The van der Waals surface area contributed by atoms with E-state index in [4.69, 9.17) is 4.74 Å². The van der Waals surface area contributed by atoms with Crippen LogP contribution in [0.1, 0.15) is 78.2 Å². The second-order valence-electron chi connectivity index (χ2n) is 11.9. The summed E-state index contributed by atoms with van der Waals surface area (Å²) in [6, 6.07) is 2.72. The summed E-state index contributed by atoms with van der Waals surface area (Å²) in [6.45, 7) is 9.27. The van der Waals surface area contributed by atoms with Gasteiger partial charge in [-0.1, -0.05) is 33.3 Å². The van der Waals surface area contributed by atoms with Crippen molar-refractivity contribution >= 4 is 17.8 Å². The van der Waals surface area contributed by atoms with Gasteiger partial charge in [0.25, 0.3) is 5.91 Å². The van der Waals surface area contributed by atoms with Crippen LogP contribution in [0.15, 0.2) is 18.2 Å². The molecule has 9 nitrogen and oxygen atoms in total. The molecule has 2 aliphatic heterocycles. The van der Waals surface area contributed by atoms with Crippen molar-refractivity contribution < 1.29 is 34.4 Å². The molecule has 0 spiro atoms. The Morgan fingerprint density at radius 3 is 2.29 bits per heavy atom. The summed E-state index contributed by atoms with van der Waals surface area (Å²) in [4.78, 5) is 43.2. The van der Waals surface area contributed by atoms with Crippen molar-refractivity contribution in [3.8, 4) is 11.5 Å². The number of aromatic hydroxyl groups is 2. The van der Waals surface area contributed by atoms with E-state index in [1.165, 1.54) is 23.1 Å². The summed E-state index contributed by atoms with van der Waals surface area (Å²) in [7, 11) is 0. The van der Waals surface area contributed by atoms with E-state index in [0.717, 1.165) is 19.3 Å². The molecule has 1 aromatic rings. The fourth-order valence-corrected chi connectivity index (χ4v) is 6.70. The number of amides is 2. The lowest BCUT2D eigenvalue weighted by Crippen LogP contribution is -2.54. The Labute approximate surface area is 224 Å². The molecular weight excluding hydrogens is 488 g/mol. The number of nitrogens with zero attached hydrogens (tertiary/aromatic N) is 2. The van der Waals surface area contributed by atoms with Gasteiger partial charge in [0, 0.05) is 24.9 Å². The largest absolute Gasteiger partial charge is 0.504 e. The van der Waals surface area contributed by atoms with Crippen molar-refractivity contribution in [2.24, 2.45) is 11.3 Å². The Morgan fingerprint density at radius 2 is 1.66 bits per heavy atom. The molecule has 1 saturated carbocycles. The predicted octanol–water partition coefficient (Wildman–Crippen LogP) is 3.13. The van der Waals surface area contributed by atoms with E-state index in [0.29, 0.717) is 50.3 Å². The van der Waals surface area contributed by atoms with Crippen molar-refractivity contribution in [1.29, 1.82) is 0 Å². The normalized spacial score (nSPS) is 29.4. The van der Waals surface area contributed by atoms with E-state index in [9.17, 15) is 29.7 Å². The molecular formula is C29H42N2O7. The van der Waals surface area contributed by atoms with E-state index < -0.39 is 29.7 Å². The second kappa shape index (κ2) is 10.8. The number of likely N-dealkylation sites (tertiary alicyclic amines) is 2. The fraction of sp³-hybridized carbons (Fsp3) is 0.690. The number of benzene rings is 1. The van der Waals surface area contributed by atoms with E-state index in [1.807, 2.05) is 6.92 Å². The highest BCUT2D eigenvalue weighted by Gasteiger charge is 2.54. The van der Waals surface area contributed by atoms with Crippen LogP contribution in [0.4, 0.5) is 0 Å². The molecule has 4 rings (SSSR count). The summed E-state index contributed by atoms with van der Waals surface area (Å²) in [5, 5.41) is 29.9. The Hall–Kier alpha value is -2.81. The molecule has 3 N–H and O–H groups in total. The molecule has 1 aromatic carbocycles. The maximum absolute atomic E-state index is 13.7. The van der Waals surface area contributed by atoms with Crippen molar-refractivity contribution in [1.82, 2.24) is 9.80 Å². The topological polar surface area (TPSA) is 128 Å². The molecule has 2 heterocycles. The number of phenolic OH excluding ortho intramolecular Hbond substituents is 2. The molecule has 5 unspecified atom stereocenters. The number of carbonyl (C=O) groups is 3. The minimum atomic E-state index is -1.40. The Bertz CT molecular complexity index is 1070. The van der Waals surface area contributed by atoms with Gasteiger partial charge in [0.15, 0.2) is 11.5 Å². The third-order valence-electron chi connectivity index (χ3n) is 9.55. The maximum atomic E-state index is 13.7. The summed E-state index contributed by atoms with van der Waals surface area (Å²) >= 11 is 0. The summed E-state index contributed by atoms with van der Waals surface area (Å²) < 4.78 is 6.18. The lowest BCUT2D eigenvalue weighted by molar-refractivity contribution is -0.177. The van der Waals surface area contributed by atoms with Crippen LogP contribution >= 0.6 is 0 Å². The second-order valence-corrected chi connectivity index (χ2v) is 11.9. The van der Waals surface area contributed by atoms with Gasteiger partial charge in [-0.15, -0.1) is 0 Å². The minimum absolute atomic E-state index is 0.0597. The quantitative estimate of drug-likeness (QED) is 0.365. The van der Waals surface area contributed by atoms with Gasteiger partial charge in [-0.05, 0) is 69.1 Å². The van der Waals surface area contributed by atoms with Crippen LogP contribution in [-0.2, 0) is 25.5 Å². The molecule has 0 radical (unpaired) electrons. The zero-order chi connectivity index (χ0) is 27.8. The van der Waals surface area contributed by atoms with E-state index in [1.54, 1.807) is 4.90 Å². The molecule has 5 atom stereocenters. The highest BCUT2D eigenvalue weighted by molar-refractivity contribution is 5.92. The number of aliphatic hydroxyl groups is 1. The van der Waals surface area contributed by atoms with Crippen LogP contribution in [0.3, 0.4) is 0 Å². The highest BCUT2D eigenvalue weighted by atomic mass is 16.6. The summed E-state index contributed by atoms with van der Waals surface area (Å²) in [5.41, 5.74) is -0.270. The maximum Gasteiger partial charge on any atom is 0.329 e. The van der Waals surface area contributed by atoms with Crippen LogP contribution < -0.4 is 0 Å². The molecule has 3 fully saturated rings. The number of aliphatic hydroxyl groups excluding tert-OH is 1. The van der Waals surface area contributed by atoms with Gasteiger partial charge in [0.1, 0.15) is 23.8 Å². The van der Waals surface area contributed by atoms with Crippen LogP contribution in [-0.4, -0.2) is 79.8 Å². The molecule has 2 amide bonds. The summed E-state index contributed by atoms with van der Waals surface area (Å²) in [5.74, 6) is -1.34. The Morgan fingerprint density at radius 1 is 1.00 bits per heavy atom. The first-order valence-corrected chi connectivity index (χ1v) is 13.9. The van der Waals surface area contributed by atoms with Crippen molar-refractivity contribution in [2.75, 3.05) is 13.1 Å². The lowest BCUT2D eigenvalue weighted by Gasteiger charge is -2.42. The smallest absolute Gasteiger partial charge is 0.329 e. The number of esters is 1. The van der Waals surface area contributed by atoms with Crippen molar-refractivity contribution in [2.45, 2.75) is 103 Å². The van der Waals surface area contributed by atoms with Crippen LogP contribution in [0.5, 0.6) is 11.5 Å². The van der Waals surface area contributed by atoms with E-state index in [-0.39, 0.29) is 35.2 Å². The molecule has 38 heavy (non-hydrogen) atoms. The van der Waals surface area contributed by atoms with E-state index >= 15 is 0 Å². The first-order valence-electron chi connectivity index (χ1n) is 13.9. The third-order valence-corrected chi connectivity index (χ3v) is 9.55. The average molecular weight is 531 g/mol. The first-order chi connectivity index (χ1) is 17.9. The predicted molar refractivity (Wildman–Crippen MR) is 140 cm³/mol. The average Bonchev–Trinajstić information content (AvgIpc) is 3.59. The first kappa shape index (κ1) is 28.2. The van der Waals surface area contributed by atoms with Gasteiger partial charge in [-0.25, -0.2) is 4.79 Å². The molecule has 9 heteroatoms. The van der Waals surface area contributed by atoms with Gasteiger partial charge in [-0.2, -0.15) is 0 Å². The van der Waals surface area contributed by atoms with Crippen LogP contribution in [0, 0.1) is 11.3 Å². The van der Waals surface area contributed by atoms with Gasteiger partial charge >= 0.3 is 5.97 Å². The molecule has 1 aliphatic carbocycles. The van der Waals surface area contributed by atoms with E-state index in [2.05, 4.69) is 20.8 Å². The zero-order valence-electron chi connectivity index (χ0n) is 23.0. The zero-order valence-corrected chi connectivity index (χ0v) is 23.0. The highest BCUT2D eigenvalue weighted by Crippen LogP contribution is 2.53. The molecule has 3 aliphatic rings. The summed E-state index contributed by atoms with van der Waals surface area (Å²) in [6.07, 6.45) is 3.69. The minimum Gasteiger partial charge on any atom is -0.504 e. The Kier molecular flexibility index (Phi) is 7.98. The van der Waals surface area contributed by atoms with Crippen LogP contribution in [0.2, 0.25) is 0 Å². The Balaban J connectivity index is 1.42. The number of hydrogen-bond donors (Lipinski definition) is 3. The number of rotatable bonds is 7. The molecule has 0 bridgehead atoms. The monoisotopic (exact) mass is 530 g/mol.